The van der Waals surface area contributed by atoms with Gasteiger partial charge in [0.2, 0.25) is 5.88 Å². The molecule has 0 aliphatic carbocycles. The summed E-state index contributed by atoms with van der Waals surface area (Å²) in [5.74, 6) is 0.393. The fraction of sp³-hybridized carbons (Fsp3) is 0.154. The largest absolute Gasteiger partial charge is 0.434 e. The molecule has 0 aliphatic heterocycles. The van der Waals surface area contributed by atoms with Gasteiger partial charge in [-0.2, -0.15) is 0 Å². The van der Waals surface area contributed by atoms with E-state index in [0.29, 0.717) is 10.6 Å². The summed E-state index contributed by atoms with van der Waals surface area (Å²) < 4.78 is 5.76. The van der Waals surface area contributed by atoms with Crippen LogP contribution in [0.2, 0.25) is 0 Å². The van der Waals surface area contributed by atoms with Crippen LogP contribution in [0.4, 0.5) is 16.4 Å². The van der Waals surface area contributed by atoms with Crippen LogP contribution in [-0.4, -0.2) is 6.03 Å². The second-order valence-corrected chi connectivity index (χ2v) is 4.71. The van der Waals surface area contributed by atoms with Gasteiger partial charge >= 0.3 is 6.03 Å². The molecule has 0 spiro atoms. The van der Waals surface area contributed by atoms with Crippen LogP contribution in [0.5, 0.6) is 0 Å². The Morgan fingerprint density at radius 2 is 1.94 bits per heavy atom. The number of furan rings is 1. The predicted octanol–water partition coefficient (Wildman–Crippen LogP) is 4.30. The molecule has 0 saturated carbocycles. The SMILES string of the molecule is Cc1cccc(NC(=O)Nc2ccc(Br)o2)c1C. The molecule has 0 unspecified atom stereocenters. The zero-order chi connectivity index (χ0) is 13.1. The van der Waals surface area contributed by atoms with Gasteiger partial charge in [-0.1, -0.05) is 12.1 Å². The van der Waals surface area contributed by atoms with Gasteiger partial charge in [0, 0.05) is 11.8 Å². The normalized spacial score (nSPS) is 10.2. The Balaban J connectivity index is 2.05. The number of urea groups is 1. The van der Waals surface area contributed by atoms with Crippen LogP contribution in [-0.2, 0) is 0 Å². The number of carbonyl (C=O) groups excluding carboxylic acids is 1. The summed E-state index contributed by atoms with van der Waals surface area (Å²) in [5.41, 5.74) is 2.97. The molecule has 0 aliphatic rings. The Bertz CT molecular complexity index is 578. The van der Waals surface area contributed by atoms with E-state index < -0.39 is 0 Å². The lowest BCUT2D eigenvalue weighted by Crippen LogP contribution is -2.19. The molecule has 0 radical (unpaired) electrons. The summed E-state index contributed by atoms with van der Waals surface area (Å²) in [7, 11) is 0. The van der Waals surface area contributed by atoms with Gasteiger partial charge in [0.25, 0.3) is 0 Å². The number of hydrogen-bond acceptors (Lipinski definition) is 2. The molecule has 94 valence electrons. The van der Waals surface area contributed by atoms with Crippen molar-refractivity contribution >= 4 is 33.5 Å². The molecular formula is C13H13BrN2O2. The highest BCUT2D eigenvalue weighted by Gasteiger charge is 2.07. The van der Waals surface area contributed by atoms with Crippen molar-refractivity contribution in [3.8, 4) is 0 Å². The van der Waals surface area contributed by atoms with Crippen molar-refractivity contribution in [3.05, 3.63) is 46.1 Å². The number of hydrogen-bond donors (Lipinski definition) is 2. The molecule has 0 fully saturated rings. The molecule has 2 amide bonds. The van der Waals surface area contributed by atoms with E-state index in [0.717, 1.165) is 16.8 Å². The monoisotopic (exact) mass is 308 g/mol. The van der Waals surface area contributed by atoms with E-state index in [2.05, 4.69) is 26.6 Å². The number of carbonyl (C=O) groups is 1. The molecule has 0 bridgehead atoms. The maximum Gasteiger partial charge on any atom is 0.326 e. The van der Waals surface area contributed by atoms with Gasteiger partial charge in [-0.05, 0) is 53.0 Å². The van der Waals surface area contributed by atoms with Crippen LogP contribution in [0.3, 0.4) is 0 Å². The topological polar surface area (TPSA) is 54.3 Å². The molecular weight excluding hydrogens is 296 g/mol. The van der Waals surface area contributed by atoms with Crippen molar-refractivity contribution in [2.75, 3.05) is 10.6 Å². The molecule has 1 aromatic heterocycles. The first-order chi connectivity index (χ1) is 8.56. The standard InChI is InChI=1S/C13H13BrN2O2/c1-8-4-3-5-10(9(8)2)15-13(17)16-12-7-6-11(14)18-12/h3-7H,1-2H3,(H2,15,16,17). The molecule has 5 heteroatoms. The van der Waals surface area contributed by atoms with Crippen LogP contribution < -0.4 is 10.6 Å². The van der Waals surface area contributed by atoms with E-state index in [4.69, 9.17) is 4.42 Å². The first-order valence-electron chi connectivity index (χ1n) is 5.46. The summed E-state index contributed by atoms with van der Waals surface area (Å²) in [5, 5.41) is 5.39. The number of halogens is 1. The highest BCUT2D eigenvalue weighted by molar-refractivity contribution is 9.10. The van der Waals surface area contributed by atoms with E-state index in [1.165, 1.54) is 0 Å². The Morgan fingerprint density at radius 1 is 1.17 bits per heavy atom. The molecule has 1 heterocycles. The molecule has 2 rings (SSSR count). The quantitative estimate of drug-likeness (QED) is 0.869. The summed E-state index contributed by atoms with van der Waals surface area (Å²) in [4.78, 5) is 11.8. The fourth-order valence-corrected chi connectivity index (χ4v) is 1.84. The van der Waals surface area contributed by atoms with E-state index in [1.807, 2.05) is 32.0 Å². The average Bonchev–Trinajstić information content (AvgIpc) is 2.70. The third kappa shape index (κ3) is 2.92. The van der Waals surface area contributed by atoms with Gasteiger partial charge in [0.1, 0.15) is 0 Å². The highest BCUT2D eigenvalue weighted by Crippen LogP contribution is 2.20. The lowest BCUT2D eigenvalue weighted by atomic mass is 10.1. The smallest absolute Gasteiger partial charge is 0.326 e. The van der Waals surface area contributed by atoms with Gasteiger partial charge < -0.3 is 9.73 Å². The zero-order valence-electron chi connectivity index (χ0n) is 10.1. The molecule has 0 atom stereocenters. The van der Waals surface area contributed by atoms with Crippen LogP contribution in [0.15, 0.2) is 39.4 Å². The number of anilines is 2. The summed E-state index contributed by atoms with van der Waals surface area (Å²) in [6.07, 6.45) is 0. The number of rotatable bonds is 2. The summed E-state index contributed by atoms with van der Waals surface area (Å²) >= 11 is 3.17. The van der Waals surface area contributed by atoms with Crippen LogP contribution in [0, 0.1) is 13.8 Å². The Kier molecular flexibility index (Phi) is 3.72. The molecule has 4 nitrogen and oxygen atoms in total. The third-order valence-corrected chi connectivity index (χ3v) is 3.09. The van der Waals surface area contributed by atoms with E-state index in [9.17, 15) is 4.79 Å². The minimum atomic E-state index is -0.328. The number of nitrogens with one attached hydrogen (secondary N) is 2. The van der Waals surface area contributed by atoms with Crippen molar-refractivity contribution in [3.63, 3.8) is 0 Å². The Labute approximate surface area is 114 Å². The zero-order valence-corrected chi connectivity index (χ0v) is 11.7. The second-order valence-electron chi connectivity index (χ2n) is 3.93. The molecule has 1 aromatic carbocycles. The van der Waals surface area contributed by atoms with E-state index in [1.54, 1.807) is 12.1 Å². The Hall–Kier alpha value is -1.75. The van der Waals surface area contributed by atoms with Crippen LogP contribution >= 0.6 is 15.9 Å². The number of benzene rings is 1. The van der Waals surface area contributed by atoms with Gasteiger partial charge in [-0.25, -0.2) is 4.79 Å². The molecule has 18 heavy (non-hydrogen) atoms. The number of aryl methyl sites for hydroxylation is 1. The van der Waals surface area contributed by atoms with Crippen molar-refractivity contribution in [2.45, 2.75) is 13.8 Å². The maximum atomic E-state index is 11.8. The van der Waals surface area contributed by atoms with E-state index in [-0.39, 0.29) is 6.03 Å². The Morgan fingerprint density at radius 3 is 2.61 bits per heavy atom. The lowest BCUT2D eigenvalue weighted by molar-refractivity contribution is 0.261. The van der Waals surface area contributed by atoms with Gasteiger partial charge in [-0.15, -0.1) is 0 Å². The van der Waals surface area contributed by atoms with Crippen molar-refractivity contribution in [2.24, 2.45) is 0 Å². The second kappa shape index (κ2) is 5.27. The van der Waals surface area contributed by atoms with Crippen LogP contribution in [0.25, 0.3) is 0 Å². The maximum absolute atomic E-state index is 11.8. The first kappa shape index (κ1) is 12.7. The minimum Gasteiger partial charge on any atom is -0.434 e. The van der Waals surface area contributed by atoms with Gasteiger partial charge in [-0.3, -0.25) is 5.32 Å². The van der Waals surface area contributed by atoms with Crippen LogP contribution in [0.1, 0.15) is 11.1 Å². The van der Waals surface area contributed by atoms with Crippen molar-refractivity contribution < 1.29 is 9.21 Å². The predicted molar refractivity (Wildman–Crippen MR) is 75.0 cm³/mol. The van der Waals surface area contributed by atoms with E-state index >= 15 is 0 Å². The first-order valence-corrected chi connectivity index (χ1v) is 6.25. The minimum absolute atomic E-state index is 0.328. The molecule has 0 saturated heterocycles. The average molecular weight is 309 g/mol. The van der Waals surface area contributed by atoms with Gasteiger partial charge in [0.15, 0.2) is 4.67 Å². The van der Waals surface area contributed by atoms with Crippen molar-refractivity contribution in [1.82, 2.24) is 0 Å². The van der Waals surface area contributed by atoms with Gasteiger partial charge in [0.05, 0.1) is 0 Å². The third-order valence-electron chi connectivity index (χ3n) is 2.66. The molecule has 2 N–H and O–H groups in total. The summed E-state index contributed by atoms with van der Waals surface area (Å²) in [6, 6.07) is 8.83. The summed E-state index contributed by atoms with van der Waals surface area (Å²) in [6.45, 7) is 3.97. The fourth-order valence-electron chi connectivity index (χ4n) is 1.53. The molecule has 2 aromatic rings. The highest BCUT2D eigenvalue weighted by atomic mass is 79.9. The lowest BCUT2D eigenvalue weighted by Gasteiger charge is -2.10. The number of amides is 2. The van der Waals surface area contributed by atoms with Crippen molar-refractivity contribution in [1.29, 1.82) is 0 Å².